The smallest absolute Gasteiger partial charge is 0.240 e. The van der Waals surface area contributed by atoms with Gasteiger partial charge in [0, 0.05) is 11.3 Å². The van der Waals surface area contributed by atoms with E-state index in [0.29, 0.717) is 5.69 Å². The SMILES string of the molecule is CCC(CC)(CNc1ccc(S(=O)(=O)NC)cc1N)SC. The lowest BCUT2D eigenvalue weighted by Crippen LogP contribution is -2.32. The third-order valence-electron chi connectivity index (χ3n) is 3.92. The predicted octanol–water partition coefficient (Wildman–Crippen LogP) is 2.51. The van der Waals surface area contributed by atoms with Crippen molar-refractivity contribution in [2.75, 3.05) is 30.9 Å². The molecule has 0 saturated carbocycles. The van der Waals surface area contributed by atoms with Crippen molar-refractivity contribution < 1.29 is 8.42 Å². The normalized spacial score (nSPS) is 12.4. The number of nitrogen functional groups attached to an aromatic ring is 1. The molecule has 0 unspecified atom stereocenters. The summed E-state index contributed by atoms with van der Waals surface area (Å²) in [6, 6.07) is 4.76. The van der Waals surface area contributed by atoms with Crippen LogP contribution in [0.15, 0.2) is 23.1 Å². The lowest BCUT2D eigenvalue weighted by atomic mass is 10.0. The molecule has 21 heavy (non-hydrogen) atoms. The highest BCUT2D eigenvalue weighted by Gasteiger charge is 2.24. The third-order valence-corrected chi connectivity index (χ3v) is 6.92. The summed E-state index contributed by atoms with van der Waals surface area (Å²) < 4.78 is 25.9. The van der Waals surface area contributed by atoms with Gasteiger partial charge in [-0.05, 0) is 44.3 Å². The van der Waals surface area contributed by atoms with Crippen molar-refractivity contribution in [2.45, 2.75) is 36.3 Å². The zero-order chi connectivity index (χ0) is 16.1. The highest BCUT2D eigenvalue weighted by molar-refractivity contribution is 8.00. The summed E-state index contributed by atoms with van der Waals surface area (Å²) in [6.07, 6.45) is 4.23. The van der Waals surface area contributed by atoms with Crippen molar-refractivity contribution >= 4 is 33.2 Å². The van der Waals surface area contributed by atoms with E-state index in [9.17, 15) is 8.42 Å². The lowest BCUT2D eigenvalue weighted by Gasteiger charge is -2.30. The summed E-state index contributed by atoms with van der Waals surface area (Å²) in [4.78, 5) is 0.176. The Balaban J connectivity index is 2.92. The predicted molar refractivity (Wildman–Crippen MR) is 92.4 cm³/mol. The first-order chi connectivity index (χ1) is 9.84. The summed E-state index contributed by atoms with van der Waals surface area (Å²) in [7, 11) is -2.07. The van der Waals surface area contributed by atoms with Crippen LogP contribution in [0.2, 0.25) is 0 Å². The number of hydrogen-bond acceptors (Lipinski definition) is 5. The van der Waals surface area contributed by atoms with Gasteiger partial charge in [0.25, 0.3) is 0 Å². The molecule has 0 atom stereocenters. The van der Waals surface area contributed by atoms with Gasteiger partial charge in [-0.1, -0.05) is 13.8 Å². The number of nitrogens with two attached hydrogens (primary N) is 1. The zero-order valence-electron chi connectivity index (χ0n) is 13.1. The minimum Gasteiger partial charge on any atom is -0.397 e. The van der Waals surface area contributed by atoms with Crippen molar-refractivity contribution in [1.29, 1.82) is 0 Å². The molecular formula is C14H25N3O2S2. The summed E-state index contributed by atoms with van der Waals surface area (Å²) in [5.74, 6) is 0. The molecule has 0 spiro atoms. The standard InChI is InChI=1S/C14H25N3O2S2/c1-5-14(6-2,20-4)10-17-13-8-7-11(9-12(13)15)21(18,19)16-3/h7-9,16-17H,5-6,10,15H2,1-4H3. The molecular weight excluding hydrogens is 306 g/mol. The second-order valence-electron chi connectivity index (χ2n) is 4.90. The van der Waals surface area contributed by atoms with Crippen LogP contribution < -0.4 is 15.8 Å². The van der Waals surface area contributed by atoms with Gasteiger partial charge in [-0.15, -0.1) is 0 Å². The lowest BCUT2D eigenvalue weighted by molar-refractivity contribution is 0.575. The molecule has 5 nitrogen and oxygen atoms in total. The Labute approximate surface area is 132 Å². The van der Waals surface area contributed by atoms with E-state index in [1.54, 1.807) is 12.1 Å². The molecule has 0 aliphatic carbocycles. The van der Waals surface area contributed by atoms with E-state index < -0.39 is 10.0 Å². The molecule has 1 aromatic carbocycles. The average molecular weight is 332 g/mol. The van der Waals surface area contributed by atoms with E-state index in [0.717, 1.165) is 25.1 Å². The van der Waals surface area contributed by atoms with Crippen LogP contribution in [0.1, 0.15) is 26.7 Å². The fraction of sp³-hybridized carbons (Fsp3) is 0.571. The fourth-order valence-electron chi connectivity index (χ4n) is 2.10. The van der Waals surface area contributed by atoms with E-state index in [4.69, 9.17) is 5.73 Å². The van der Waals surface area contributed by atoms with Crippen molar-refractivity contribution in [3.63, 3.8) is 0 Å². The van der Waals surface area contributed by atoms with Crippen molar-refractivity contribution in [1.82, 2.24) is 4.72 Å². The molecule has 1 rings (SSSR count). The number of nitrogens with one attached hydrogen (secondary N) is 2. The van der Waals surface area contributed by atoms with Gasteiger partial charge in [0.05, 0.1) is 16.3 Å². The van der Waals surface area contributed by atoms with E-state index in [1.807, 2.05) is 11.8 Å². The largest absolute Gasteiger partial charge is 0.397 e. The van der Waals surface area contributed by atoms with Crippen LogP contribution in [-0.4, -0.2) is 33.0 Å². The van der Waals surface area contributed by atoms with Crippen molar-refractivity contribution in [2.24, 2.45) is 0 Å². The summed E-state index contributed by atoms with van der Waals surface area (Å²) in [5.41, 5.74) is 7.17. The minimum absolute atomic E-state index is 0.169. The van der Waals surface area contributed by atoms with Gasteiger partial charge in [-0.2, -0.15) is 11.8 Å². The molecule has 0 aromatic heterocycles. The Kier molecular flexibility index (Phi) is 6.37. The second kappa shape index (κ2) is 7.38. The number of thioether (sulfide) groups is 1. The Morgan fingerprint density at radius 3 is 2.33 bits per heavy atom. The Morgan fingerprint density at radius 1 is 1.29 bits per heavy atom. The van der Waals surface area contributed by atoms with Crippen LogP contribution in [0.5, 0.6) is 0 Å². The molecule has 0 aliphatic rings. The van der Waals surface area contributed by atoms with Crippen molar-refractivity contribution in [3.05, 3.63) is 18.2 Å². The van der Waals surface area contributed by atoms with Gasteiger partial charge in [-0.3, -0.25) is 0 Å². The molecule has 0 bridgehead atoms. The quantitative estimate of drug-likeness (QED) is 0.637. The molecule has 0 amide bonds. The van der Waals surface area contributed by atoms with Crippen LogP contribution in [-0.2, 0) is 10.0 Å². The number of sulfonamides is 1. The highest BCUT2D eigenvalue weighted by atomic mass is 32.2. The first-order valence-corrected chi connectivity index (χ1v) is 9.67. The topological polar surface area (TPSA) is 84.2 Å². The van der Waals surface area contributed by atoms with Crippen LogP contribution in [0.3, 0.4) is 0 Å². The van der Waals surface area contributed by atoms with Gasteiger partial charge in [-0.25, -0.2) is 13.1 Å². The summed E-state index contributed by atoms with van der Waals surface area (Å²) in [5, 5.41) is 3.34. The molecule has 7 heteroatoms. The number of anilines is 2. The van der Waals surface area contributed by atoms with Crippen LogP contribution in [0.25, 0.3) is 0 Å². The number of rotatable bonds is 8. The second-order valence-corrected chi connectivity index (χ2v) is 8.07. The van der Waals surface area contributed by atoms with Crippen LogP contribution in [0.4, 0.5) is 11.4 Å². The molecule has 0 radical (unpaired) electrons. The minimum atomic E-state index is -3.46. The van der Waals surface area contributed by atoms with Crippen molar-refractivity contribution in [3.8, 4) is 0 Å². The highest BCUT2D eigenvalue weighted by Crippen LogP contribution is 2.32. The maximum atomic E-state index is 11.7. The van der Waals surface area contributed by atoms with E-state index in [1.165, 1.54) is 13.1 Å². The first-order valence-electron chi connectivity index (χ1n) is 6.96. The van der Waals surface area contributed by atoms with Gasteiger partial charge in [0.15, 0.2) is 0 Å². The summed E-state index contributed by atoms with van der Waals surface area (Å²) >= 11 is 1.84. The monoisotopic (exact) mass is 331 g/mol. The van der Waals surface area contributed by atoms with E-state index in [-0.39, 0.29) is 9.64 Å². The molecule has 4 N–H and O–H groups in total. The Hall–Kier alpha value is -0.920. The third kappa shape index (κ3) is 4.28. The maximum absolute atomic E-state index is 11.7. The van der Waals surface area contributed by atoms with E-state index >= 15 is 0 Å². The van der Waals surface area contributed by atoms with Gasteiger partial charge in [0.2, 0.25) is 10.0 Å². The molecule has 120 valence electrons. The molecule has 0 heterocycles. The zero-order valence-corrected chi connectivity index (χ0v) is 14.7. The average Bonchev–Trinajstić information content (AvgIpc) is 2.50. The Morgan fingerprint density at radius 2 is 1.90 bits per heavy atom. The van der Waals surface area contributed by atoms with Crippen LogP contribution in [0, 0.1) is 0 Å². The molecule has 0 aliphatic heterocycles. The van der Waals surface area contributed by atoms with Gasteiger partial charge < -0.3 is 11.1 Å². The summed E-state index contributed by atoms with van der Waals surface area (Å²) in [6.45, 7) is 5.14. The van der Waals surface area contributed by atoms with Gasteiger partial charge in [0.1, 0.15) is 0 Å². The van der Waals surface area contributed by atoms with Crippen LogP contribution >= 0.6 is 11.8 Å². The fourth-order valence-corrected chi connectivity index (χ4v) is 3.66. The van der Waals surface area contributed by atoms with Gasteiger partial charge >= 0.3 is 0 Å². The molecule has 1 aromatic rings. The first kappa shape index (κ1) is 18.1. The molecule has 0 fully saturated rings. The maximum Gasteiger partial charge on any atom is 0.240 e. The molecule has 0 saturated heterocycles. The Bertz CT molecular complexity index is 561. The number of hydrogen-bond donors (Lipinski definition) is 3. The van der Waals surface area contributed by atoms with E-state index in [2.05, 4.69) is 30.1 Å². The number of benzene rings is 1.